The zero-order chi connectivity index (χ0) is 15.4. The van der Waals surface area contributed by atoms with E-state index in [1.165, 1.54) is 0 Å². The topological polar surface area (TPSA) is 59.6 Å². The molecule has 5 nitrogen and oxygen atoms in total. The normalized spacial score (nSPS) is 12.6. The second kappa shape index (κ2) is 6.58. The van der Waals surface area contributed by atoms with Crippen LogP contribution in [-0.4, -0.2) is 19.2 Å². The Morgan fingerprint density at radius 3 is 2.77 bits per heavy atom. The smallest absolute Gasteiger partial charge is 0.319 e. The minimum absolute atomic E-state index is 0.331. The molecule has 0 saturated carbocycles. The van der Waals surface area contributed by atoms with Gasteiger partial charge in [0.05, 0.1) is 5.69 Å². The monoisotopic (exact) mass is 318 g/mol. The van der Waals surface area contributed by atoms with Crippen molar-refractivity contribution in [1.29, 1.82) is 0 Å². The van der Waals surface area contributed by atoms with Gasteiger partial charge in [0.25, 0.3) is 0 Å². The van der Waals surface area contributed by atoms with Crippen LogP contribution in [0.2, 0.25) is 5.02 Å². The number of rotatable bonds is 3. The number of urea groups is 1. The van der Waals surface area contributed by atoms with Crippen molar-refractivity contribution in [1.82, 2.24) is 5.32 Å². The average Bonchev–Trinajstić information content (AvgIpc) is 2.54. The zero-order valence-electron chi connectivity index (χ0n) is 11.8. The molecule has 2 aromatic carbocycles. The first-order valence-electron chi connectivity index (χ1n) is 6.91. The Bertz CT molecular complexity index is 691. The van der Waals surface area contributed by atoms with Crippen LogP contribution in [0.5, 0.6) is 11.5 Å². The molecule has 2 aromatic rings. The number of fused-ring (bicyclic) bond motifs is 1. The van der Waals surface area contributed by atoms with Crippen LogP contribution in [0, 0.1) is 0 Å². The molecule has 6 heteroatoms. The van der Waals surface area contributed by atoms with Gasteiger partial charge in [0.1, 0.15) is 13.2 Å². The molecular formula is C16H15ClN2O3. The van der Waals surface area contributed by atoms with E-state index in [2.05, 4.69) is 10.6 Å². The van der Waals surface area contributed by atoms with Crippen molar-refractivity contribution in [3.8, 4) is 11.5 Å². The number of halogens is 1. The summed E-state index contributed by atoms with van der Waals surface area (Å²) >= 11 is 6.05. The highest BCUT2D eigenvalue weighted by atomic mass is 35.5. The maximum atomic E-state index is 12.0. The molecule has 22 heavy (non-hydrogen) atoms. The van der Waals surface area contributed by atoms with Crippen LogP contribution in [0.25, 0.3) is 0 Å². The number of carbonyl (C=O) groups excluding carboxylic acids is 1. The van der Waals surface area contributed by atoms with Crippen LogP contribution in [-0.2, 0) is 6.54 Å². The number of nitrogens with one attached hydrogen (secondary N) is 2. The fraction of sp³-hybridized carbons (Fsp3) is 0.188. The van der Waals surface area contributed by atoms with Gasteiger partial charge in [0.15, 0.2) is 11.5 Å². The summed E-state index contributed by atoms with van der Waals surface area (Å²) in [6, 6.07) is 12.4. The summed E-state index contributed by atoms with van der Waals surface area (Å²) in [5.74, 6) is 1.19. The van der Waals surface area contributed by atoms with Crippen LogP contribution >= 0.6 is 11.6 Å². The Hall–Kier alpha value is -2.40. The van der Waals surface area contributed by atoms with E-state index >= 15 is 0 Å². The summed E-state index contributed by atoms with van der Waals surface area (Å²) in [7, 11) is 0. The predicted octanol–water partition coefficient (Wildman–Crippen LogP) is 3.43. The third-order valence-electron chi connectivity index (χ3n) is 3.21. The van der Waals surface area contributed by atoms with Gasteiger partial charge in [0.2, 0.25) is 0 Å². The molecule has 1 aliphatic rings. The van der Waals surface area contributed by atoms with Gasteiger partial charge < -0.3 is 20.1 Å². The van der Waals surface area contributed by atoms with Gasteiger partial charge in [-0.25, -0.2) is 4.79 Å². The highest BCUT2D eigenvalue weighted by molar-refractivity contribution is 6.31. The largest absolute Gasteiger partial charge is 0.486 e. The van der Waals surface area contributed by atoms with Gasteiger partial charge >= 0.3 is 6.03 Å². The van der Waals surface area contributed by atoms with E-state index < -0.39 is 0 Å². The lowest BCUT2D eigenvalue weighted by Gasteiger charge is -2.21. The Labute approximate surface area is 133 Å². The van der Waals surface area contributed by atoms with E-state index in [1.54, 1.807) is 24.3 Å². The van der Waals surface area contributed by atoms with Gasteiger partial charge in [-0.2, -0.15) is 0 Å². The standard InChI is InChI=1S/C16H15ClN2O3/c17-12-5-2-1-4-11(12)10-18-16(20)19-13-6-3-7-14-15(13)22-9-8-21-14/h1-7H,8-10H2,(H2,18,19,20). The Morgan fingerprint density at radius 1 is 1.09 bits per heavy atom. The molecule has 0 atom stereocenters. The van der Waals surface area contributed by atoms with E-state index in [1.807, 2.05) is 18.2 Å². The number of hydrogen-bond donors (Lipinski definition) is 2. The number of ether oxygens (including phenoxy) is 2. The van der Waals surface area contributed by atoms with Gasteiger partial charge in [-0.15, -0.1) is 0 Å². The molecule has 1 aliphatic heterocycles. The van der Waals surface area contributed by atoms with Crippen molar-refractivity contribution in [2.75, 3.05) is 18.5 Å². The summed E-state index contributed by atoms with van der Waals surface area (Å²) in [5, 5.41) is 6.15. The number of para-hydroxylation sites is 1. The van der Waals surface area contributed by atoms with Crippen molar-refractivity contribution in [3.63, 3.8) is 0 Å². The quantitative estimate of drug-likeness (QED) is 0.911. The molecule has 2 amide bonds. The third kappa shape index (κ3) is 3.26. The van der Waals surface area contributed by atoms with Crippen LogP contribution < -0.4 is 20.1 Å². The second-order valence-corrected chi connectivity index (χ2v) is 5.14. The summed E-state index contributed by atoms with van der Waals surface area (Å²) in [5.41, 5.74) is 1.43. The van der Waals surface area contributed by atoms with Crippen molar-refractivity contribution < 1.29 is 14.3 Å². The highest BCUT2D eigenvalue weighted by Crippen LogP contribution is 2.37. The number of carbonyl (C=O) groups is 1. The van der Waals surface area contributed by atoms with Crippen molar-refractivity contribution in [2.24, 2.45) is 0 Å². The van der Waals surface area contributed by atoms with E-state index in [-0.39, 0.29) is 6.03 Å². The molecule has 0 radical (unpaired) electrons. The predicted molar refractivity (Wildman–Crippen MR) is 84.7 cm³/mol. The number of hydrogen-bond acceptors (Lipinski definition) is 3. The third-order valence-corrected chi connectivity index (χ3v) is 3.58. The summed E-state index contributed by atoms with van der Waals surface area (Å²) in [4.78, 5) is 12.0. The van der Waals surface area contributed by atoms with Crippen LogP contribution in [0.4, 0.5) is 10.5 Å². The van der Waals surface area contributed by atoms with Gasteiger partial charge in [-0.3, -0.25) is 0 Å². The van der Waals surface area contributed by atoms with Crippen molar-refractivity contribution >= 4 is 23.3 Å². The van der Waals surface area contributed by atoms with Gasteiger partial charge in [0, 0.05) is 11.6 Å². The van der Waals surface area contributed by atoms with Crippen LogP contribution in [0.3, 0.4) is 0 Å². The number of amides is 2. The molecule has 114 valence electrons. The second-order valence-electron chi connectivity index (χ2n) is 4.73. The lowest BCUT2D eigenvalue weighted by Crippen LogP contribution is -2.29. The first-order valence-corrected chi connectivity index (χ1v) is 7.29. The molecule has 0 spiro atoms. The van der Waals surface area contributed by atoms with E-state index in [4.69, 9.17) is 21.1 Å². The first-order chi connectivity index (χ1) is 10.7. The fourth-order valence-electron chi connectivity index (χ4n) is 2.16. The SMILES string of the molecule is O=C(NCc1ccccc1Cl)Nc1cccc2c1OCCO2. The minimum atomic E-state index is -0.331. The lowest BCUT2D eigenvalue weighted by molar-refractivity contribution is 0.172. The molecule has 0 aromatic heterocycles. The molecule has 2 N–H and O–H groups in total. The maximum Gasteiger partial charge on any atom is 0.319 e. The van der Waals surface area contributed by atoms with E-state index in [0.717, 1.165) is 5.56 Å². The molecular weight excluding hydrogens is 304 g/mol. The molecule has 0 aliphatic carbocycles. The highest BCUT2D eigenvalue weighted by Gasteiger charge is 2.17. The summed E-state index contributed by atoms with van der Waals surface area (Å²) in [6.07, 6.45) is 0. The lowest BCUT2D eigenvalue weighted by atomic mass is 10.2. The van der Waals surface area contributed by atoms with Crippen LogP contribution in [0.1, 0.15) is 5.56 Å². The molecule has 0 fully saturated rings. The molecule has 0 unspecified atom stereocenters. The summed E-state index contributed by atoms with van der Waals surface area (Å²) < 4.78 is 11.0. The zero-order valence-corrected chi connectivity index (χ0v) is 12.5. The molecule has 1 heterocycles. The van der Waals surface area contributed by atoms with Crippen molar-refractivity contribution in [3.05, 3.63) is 53.1 Å². The summed E-state index contributed by atoms with van der Waals surface area (Å²) in [6.45, 7) is 1.32. The van der Waals surface area contributed by atoms with E-state index in [0.29, 0.717) is 42.0 Å². The molecule has 3 rings (SSSR count). The Morgan fingerprint density at radius 2 is 1.91 bits per heavy atom. The van der Waals surface area contributed by atoms with E-state index in [9.17, 15) is 4.79 Å². The number of benzene rings is 2. The Balaban J connectivity index is 1.64. The van der Waals surface area contributed by atoms with Gasteiger partial charge in [-0.1, -0.05) is 35.9 Å². The van der Waals surface area contributed by atoms with Crippen LogP contribution in [0.15, 0.2) is 42.5 Å². The first kappa shape index (κ1) is 14.5. The fourth-order valence-corrected chi connectivity index (χ4v) is 2.36. The number of anilines is 1. The Kier molecular flexibility index (Phi) is 4.34. The van der Waals surface area contributed by atoms with Crippen molar-refractivity contribution in [2.45, 2.75) is 6.54 Å². The minimum Gasteiger partial charge on any atom is -0.486 e. The molecule has 0 bridgehead atoms. The van der Waals surface area contributed by atoms with Gasteiger partial charge in [-0.05, 0) is 23.8 Å². The maximum absolute atomic E-state index is 12.0. The average molecular weight is 319 g/mol. The molecule has 0 saturated heterocycles.